The van der Waals surface area contributed by atoms with Gasteiger partial charge in [0.2, 0.25) is 0 Å². The average molecular weight is 270 g/mol. The molecule has 0 aromatic rings. The molecular formula is C14H26N2OS. The van der Waals surface area contributed by atoms with Crippen LogP contribution in [0.3, 0.4) is 0 Å². The van der Waals surface area contributed by atoms with E-state index in [1.165, 1.54) is 12.2 Å². The highest BCUT2D eigenvalue weighted by atomic mass is 32.2. The molecule has 1 N–H and O–H groups in total. The predicted molar refractivity (Wildman–Crippen MR) is 79.3 cm³/mol. The second-order valence-electron chi connectivity index (χ2n) is 6.54. The molecule has 2 heterocycles. The van der Waals surface area contributed by atoms with Crippen molar-refractivity contribution in [3.8, 4) is 0 Å². The van der Waals surface area contributed by atoms with E-state index in [9.17, 15) is 0 Å². The van der Waals surface area contributed by atoms with Gasteiger partial charge >= 0.3 is 0 Å². The molecule has 0 aromatic carbocycles. The van der Waals surface area contributed by atoms with Crippen LogP contribution in [0, 0.1) is 11.3 Å². The van der Waals surface area contributed by atoms with Crippen LogP contribution in [-0.2, 0) is 4.74 Å². The Hall–Kier alpha value is -0.220. The maximum atomic E-state index is 5.49. The maximum Gasteiger partial charge on any atom is 0.157 e. The fourth-order valence-corrected chi connectivity index (χ4v) is 3.44. The molecule has 0 amide bonds. The van der Waals surface area contributed by atoms with E-state index in [1.807, 2.05) is 11.8 Å². The maximum absolute atomic E-state index is 5.49. The van der Waals surface area contributed by atoms with Crippen LogP contribution in [0.1, 0.15) is 40.5 Å². The van der Waals surface area contributed by atoms with Crippen molar-refractivity contribution in [1.29, 1.82) is 0 Å². The summed E-state index contributed by atoms with van der Waals surface area (Å²) in [4.78, 5) is 4.91. The van der Waals surface area contributed by atoms with Crippen LogP contribution in [0.15, 0.2) is 4.99 Å². The van der Waals surface area contributed by atoms with E-state index in [4.69, 9.17) is 9.73 Å². The minimum absolute atomic E-state index is 0.273. The number of nitrogens with one attached hydrogen (secondary N) is 1. The molecule has 0 spiro atoms. The van der Waals surface area contributed by atoms with Gasteiger partial charge < -0.3 is 10.1 Å². The Balaban J connectivity index is 1.97. The summed E-state index contributed by atoms with van der Waals surface area (Å²) < 4.78 is 5.49. The molecule has 2 rings (SSSR count). The van der Waals surface area contributed by atoms with Crippen LogP contribution in [0.5, 0.6) is 0 Å². The highest BCUT2D eigenvalue weighted by Crippen LogP contribution is 2.30. The number of ether oxygens (including phenoxy) is 1. The molecule has 4 heteroatoms. The number of aliphatic imine (C=N–C) groups is 1. The minimum atomic E-state index is 0.273. The monoisotopic (exact) mass is 270 g/mol. The van der Waals surface area contributed by atoms with Crippen LogP contribution in [-0.4, -0.2) is 36.2 Å². The Bertz CT molecular complexity index is 311. The molecular weight excluding hydrogens is 244 g/mol. The van der Waals surface area contributed by atoms with Crippen molar-refractivity contribution < 1.29 is 4.74 Å². The zero-order chi connectivity index (χ0) is 13.2. The number of thioether (sulfide) groups is 1. The fraction of sp³-hybridized carbons (Fsp3) is 0.929. The van der Waals surface area contributed by atoms with Gasteiger partial charge in [0.05, 0.1) is 12.6 Å². The smallest absolute Gasteiger partial charge is 0.157 e. The molecule has 0 bridgehead atoms. The standard InChI is InChI=1S/C14H26N2OS/c1-10-9-17-7-5-11(10)15-13-16-12(6-8-18-13)14(2,3)4/h10-12H,5-9H2,1-4H3,(H,15,16). The minimum Gasteiger partial charge on any atom is -0.381 e. The van der Waals surface area contributed by atoms with E-state index in [2.05, 4.69) is 33.0 Å². The van der Waals surface area contributed by atoms with Gasteiger partial charge in [0.15, 0.2) is 5.17 Å². The van der Waals surface area contributed by atoms with Crippen molar-refractivity contribution >= 4 is 16.9 Å². The number of hydrogen-bond acceptors (Lipinski definition) is 4. The van der Waals surface area contributed by atoms with Gasteiger partial charge in [-0.05, 0) is 24.2 Å². The Morgan fingerprint density at radius 3 is 2.78 bits per heavy atom. The van der Waals surface area contributed by atoms with Crippen LogP contribution >= 0.6 is 11.8 Å². The Morgan fingerprint density at radius 1 is 1.33 bits per heavy atom. The Kier molecular flexibility index (Phi) is 4.59. The van der Waals surface area contributed by atoms with Gasteiger partial charge in [-0.1, -0.05) is 39.5 Å². The lowest BCUT2D eigenvalue weighted by Crippen LogP contribution is -2.45. The molecule has 1 fully saturated rings. The van der Waals surface area contributed by atoms with E-state index < -0.39 is 0 Å². The van der Waals surface area contributed by atoms with Crippen LogP contribution in [0.25, 0.3) is 0 Å². The van der Waals surface area contributed by atoms with E-state index in [1.54, 1.807) is 0 Å². The molecule has 2 aliphatic rings. The SMILES string of the molecule is CC1COCCC1NC1=NC(C(C)(C)C)CCS1. The van der Waals surface area contributed by atoms with Gasteiger partial charge in [0, 0.05) is 18.4 Å². The first-order chi connectivity index (χ1) is 8.47. The zero-order valence-corrected chi connectivity index (χ0v) is 12.8. The molecule has 3 atom stereocenters. The first-order valence-corrected chi connectivity index (χ1v) is 8.00. The van der Waals surface area contributed by atoms with Crippen LogP contribution in [0.4, 0.5) is 0 Å². The quantitative estimate of drug-likeness (QED) is 0.795. The van der Waals surface area contributed by atoms with E-state index in [-0.39, 0.29) is 5.41 Å². The van der Waals surface area contributed by atoms with E-state index >= 15 is 0 Å². The molecule has 0 aliphatic carbocycles. The number of rotatable bonds is 1. The topological polar surface area (TPSA) is 33.6 Å². The second-order valence-corrected chi connectivity index (χ2v) is 7.63. The normalized spacial score (nSPS) is 34.0. The third-order valence-corrected chi connectivity index (χ3v) is 4.79. The molecule has 2 aliphatic heterocycles. The van der Waals surface area contributed by atoms with Gasteiger partial charge in [0.1, 0.15) is 0 Å². The highest BCUT2D eigenvalue weighted by Gasteiger charge is 2.29. The number of nitrogens with zero attached hydrogens (tertiary/aromatic N) is 1. The fourth-order valence-electron chi connectivity index (χ4n) is 2.47. The van der Waals surface area contributed by atoms with Crippen LogP contribution in [0.2, 0.25) is 0 Å². The summed E-state index contributed by atoms with van der Waals surface area (Å²) >= 11 is 1.88. The first-order valence-electron chi connectivity index (χ1n) is 7.01. The van der Waals surface area contributed by atoms with Gasteiger partial charge in [-0.15, -0.1) is 0 Å². The Morgan fingerprint density at radius 2 is 2.11 bits per heavy atom. The molecule has 0 radical (unpaired) electrons. The summed E-state index contributed by atoms with van der Waals surface area (Å²) in [5, 5.41) is 4.80. The molecule has 104 valence electrons. The van der Waals surface area contributed by atoms with Gasteiger partial charge in [-0.3, -0.25) is 4.99 Å². The summed E-state index contributed by atoms with van der Waals surface area (Å²) in [6, 6.07) is 0.986. The van der Waals surface area contributed by atoms with Crippen molar-refractivity contribution in [2.45, 2.75) is 52.6 Å². The molecule has 3 unspecified atom stereocenters. The number of amidine groups is 1. The van der Waals surface area contributed by atoms with Crippen molar-refractivity contribution in [1.82, 2.24) is 5.32 Å². The largest absolute Gasteiger partial charge is 0.381 e. The van der Waals surface area contributed by atoms with Gasteiger partial charge in [-0.2, -0.15) is 0 Å². The highest BCUT2D eigenvalue weighted by molar-refractivity contribution is 8.13. The Labute approximate surface area is 115 Å². The lowest BCUT2D eigenvalue weighted by atomic mass is 9.85. The third-order valence-electron chi connectivity index (χ3n) is 3.85. The van der Waals surface area contributed by atoms with Crippen LogP contribution < -0.4 is 5.32 Å². The van der Waals surface area contributed by atoms with Gasteiger partial charge in [-0.25, -0.2) is 0 Å². The van der Waals surface area contributed by atoms with Crippen molar-refractivity contribution in [2.24, 2.45) is 16.3 Å². The average Bonchev–Trinajstić information content (AvgIpc) is 2.31. The van der Waals surface area contributed by atoms with Gasteiger partial charge in [0.25, 0.3) is 0 Å². The summed E-state index contributed by atoms with van der Waals surface area (Å²) in [5.41, 5.74) is 0.273. The predicted octanol–water partition coefficient (Wildman–Crippen LogP) is 2.91. The lowest BCUT2D eigenvalue weighted by Gasteiger charge is -2.34. The molecule has 1 saturated heterocycles. The van der Waals surface area contributed by atoms with Crippen molar-refractivity contribution in [3.05, 3.63) is 0 Å². The lowest BCUT2D eigenvalue weighted by molar-refractivity contribution is 0.0442. The summed E-state index contributed by atoms with van der Waals surface area (Å²) in [6.45, 7) is 10.9. The summed E-state index contributed by atoms with van der Waals surface area (Å²) in [7, 11) is 0. The van der Waals surface area contributed by atoms with Crippen molar-refractivity contribution in [2.75, 3.05) is 19.0 Å². The summed E-state index contributed by atoms with van der Waals surface area (Å²) in [5.74, 6) is 1.77. The first kappa shape index (κ1) is 14.2. The number of hydrogen-bond donors (Lipinski definition) is 1. The molecule has 0 aromatic heterocycles. The van der Waals surface area contributed by atoms with E-state index in [0.717, 1.165) is 24.8 Å². The third kappa shape index (κ3) is 3.64. The van der Waals surface area contributed by atoms with Crippen molar-refractivity contribution in [3.63, 3.8) is 0 Å². The molecule has 18 heavy (non-hydrogen) atoms. The zero-order valence-electron chi connectivity index (χ0n) is 12.0. The second kappa shape index (κ2) is 5.83. The van der Waals surface area contributed by atoms with E-state index in [0.29, 0.717) is 18.0 Å². The molecule has 3 nitrogen and oxygen atoms in total. The molecule has 0 saturated carbocycles. The summed E-state index contributed by atoms with van der Waals surface area (Å²) in [6.07, 6.45) is 2.30.